The predicted molar refractivity (Wildman–Crippen MR) is 276 cm³/mol. The van der Waals surface area contributed by atoms with E-state index in [0.29, 0.717) is 29.8 Å². The van der Waals surface area contributed by atoms with Crippen LogP contribution in [0.5, 0.6) is 5.75 Å². The summed E-state index contributed by atoms with van der Waals surface area (Å²) in [6.07, 6.45) is 10.1. The van der Waals surface area contributed by atoms with Gasteiger partial charge < -0.3 is 40.5 Å². The number of aryl methyl sites for hydroxylation is 1. The van der Waals surface area contributed by atoms with Gasteiger partial charge in [-0.05, 0) is 129 Å². The molecule has 0 bridgehead atoms. The van der Waals surface area contributed by atoms with Gasteiger partial charge in [-0.25, -0.2) is 15.0 Å². The first kappa shape index (κ1) is 48.0. The van der Waals surface area contributed by atoms with Crippen molar-refractivity contribution in [3.63, 3.8) is 0 Å². The number of phenols is 1. The number of carbonyl (C=O) groups is 3. The maximum atomic E-state index is 14.4. The zero-order valence-corrected chi connectivity index (χ0v) is 42.6. The molecule has 2 saturated carbocycles. The van der Waals surface area contributed by atoms with Crippen molar-refractivity contribution in [3.05, 3.63) is 101 Å². The lowest BCUT2D eigenvalue weighted by atomic mass is 9.49. The van der Waals surface area contributed by atoms with Gasteiger partial charge in [-0.2, -0.15) is 0 Å². The summed E-state index contributed by atoms with van der Waals surface area (Å²) in [5.41, 5.74) is 9.92. The van der Waals surface area contributed by atoms with E-state index in [1.165, 1.54) is 16.0 Å². The van der Waals surface area contributed by atoms with E-state index in [-0.39, 0.29) is 53.8 Å². The molecule has 4 fully saturated rings. The number of para-hydroxylation sites is 1. The third kappa shape index (κ3) is 9.23. The van der Waals surface area contributed by atoms with Crippen LogP contribution in [0.1, 0.15) is 113 Å². The number of hydrogen-bond donors (Lipinski definition) is 5. The van der Waals surface area contributed by atoms with Crippen LogP contribution in [-0.4, -0.2) is 118 Å². The van der Waals surface area contributed by atoms with Crippen LogP contribution in [0.2, 0.25) is 0 Å². The second kappa shape index (κ2) is 19.0. The Labute approximate surface area is 424 Å². The van der Waals surface area contributed by atoms with Crippen LogP contribution in [-0.2, 0) is 27.3 Å². The van der Waals surface area contributed by atoms with Gasteiger partial charge in [0, 0.05) is 60.5 Å². The maximum absolute atomic E-state index is 14.4. The quantitative estimate of drug-likeness (QED) is 0.0873. The first-order valence-electron chi connectivity index (χ1n) is 25.7. The van der Waals surface area contributed by atoms with Crippen molar-refractivity contribution in [2.75, 3.05) is 31.1 Å². The van der Waals surface area contributed by atoms with Crippen LogP contribution in [0.25, 0.3) is 32.7 Å². The average molecular weight is 992 g/mol. The Bertz CT molecular complexity index is 2980. The van der Waals surface area contributed by atoms with Gasteiger partial charge in [-0.3, -0.25) is 14.4 Å². The van der Waals surface area contributed by atoms with Crippen molar-refractivity contribution in [3.8, 4) is 27.4 Å². The highest BCUT2D eigenvalue weighted by molar-refractivity contribution is 7.13. The topological polar surface area (TPSA) is 206 Å². The molecule has 1 spiro atoms. The van der Waals surface area contributed by atoms with Crippen LogP contribution in [0.15, 0.2) is 72.5 Å². The number of nitrogens with zero attached hydrogens (tertiary/aromatic N) is 8. The van der Waals surface area contributed by atoms with E-state index in [4.69, 9.17) is 9.97 Å². The number of carbonyl (C=O) groups excluding carboxylic acids is 3. The molecular formula is C55H65N11O5S. The van der Waals surface area contributed by atoms with E-state index in [9.17, 15) is 24.6 Å². The molecule has 7 heterocycles. The molecule has 5 N–H and O–H groups in total. The van der Waals surface area contributed by atoms with E-state index in [0.717, 1.165) is 109 Å². The average Bonchev–Trinajstić information content (AvgIpc) is 4.08. The molecule has 72 heavy (non-hydrogen) atoms. The van der Waals surface area contributed by atoms with Gasteiger partial charge in [0.05, 0.1) is 40.5 Å². The SMILES string of the molecule is Cc1ncsc1-c1ccc([C@H](C)NC(=O)[C@@H]2C[C@@H](O)CN2C(=O)[C@@H](NC(=O)[C@H]2CC3(C2)C[C@H](N2CCC(c4cnc(N5CCc6c([nH]c7nnc(-c8ccccc8O)cc67)C5)nc4)CC2)C3)C(C)(C)C)cc1. The summed E-state index contributed by atoms with van der Waals surface area (Å²) in [4.78, 5) is 67.0. The number of thiazole rings is 1. The fourth-order valence-electron chi connectivity index (χ4n) is 12.3. The molecule has 5 aliphatic rings. The second-order valence-corrected chi connectivity index (χ2v) is 23.2. The fourth-order valence-corrected chi connectivity index (χ4v) is 13.1. The zero-order chi connectivity index (χ0) is 50.1. The minimum atomic E-state index is -0.846. The van der Waals surface area contributed by atoms with Crippen molar-refractivity contribution >= 4 is 46.0 Å². The Morgan fingerprint density at radius 1 is 0.917 bits per heavy atom. The van der Waals surface area contributed by atoms with Gasteiger partial charge in [-0.1, -0.05) is 57.2 Å². The number of likely N-dealkylation sites (tertiary alicyclic amines) is 2. The molecule has 3 aliphatic heterocycles. The minimum absolute atomic E-state index is 0.0392. The van der Waals surface area contributed by atoms with E-state index in [1.54, 1.807) is 23.5 Å². The molecule has 2 aliphatic carbocycles. The number of hydrogen-bond acceptors (Lipinski definition) is 13. The van der Waals surface area contributed by atoms with Gasteiger partial charge in [0.15, 0.2) is 5.65 Å². The molecule has 4 aromatic heterocycles. The number of aromatic amines is 1. The largest absolute Gasteiger partial charge is 0.507 e. The number of piperidine rings is 1. The van der Waals surface area contributed by atoms with Crippen LogP contribution >= 0.6 is 11.3 Å². The molecule has 376 valence electrons. The van der Waals surface area contributed by atoms with E-state index in [2.05, 4.69) is 40.6 Å². The number of aromatic nitrogens is 6. The normalized spacial score (nSPS) is 24.4. The van der Waals surface area contributed by atoms with Crippen molar-refractivity contribution in [2.45, 2.75) is 129 Å². The number of rotatable bonds is 11. The Balaban J connectivity index is 0.637. The van der Waals surface area contributed by atoms with Gasteiger partial charge in [-0.15, -0.1) is 21.5 Å². The third-order valence-electron chi connectivity index (χ3n) is 16.5. The van der Waals surface area contributed by atoms with Crippen LogP contribution < -0.4 is 15.5 Å². The first-order chi connectivity index (χ1) is 34.6. The number of aliphatic hydroxyl groups excluding tert-OH is 1. The molecule has 16 nitrogen and oxygen atoms in total. The molecule has 6 aromatic rings. The lowest BCUT2D eigenvalue weighted by Gasteiger charge is -2.60. The number of β-amino-alcohol motifs (C(OH)–C–C–N with tert-alkyl or cyclic N) is 1. The maximum Gasteiger partial charge on any atom is 0.246 e. The van der Waals surface area contributed by atoms with Gasteiger partial charge in [0.2, 0.25) is 23.7 Å². The van der Waals surface area contributed by atoms with Crippen LogP contribution in [0.3, 0.4) is 0 Å². The summed E-state index contributed by atoms with van der Waals surface area (Å²) in [6, 6.07) is 15.8. The van der Waals surface area contributed by atoms with E-state index < -0.39 is 23.6 Å². The molecule has 11 rings (SSSR count). The Kier molecular flexibility index (Phi) is 12.6. The number of aliphatic hydroxyl groups is 1. The molecule has 17 heteroatoms. The highest BCUT2D eigenvalue weighted by Gasteiger charge is 2.57. The van der Waals surface area contributed by atoms with Crippen LogP contribution in [0, 0.1) is 23.7 Å². The lowest BCUT2D eigenvalue weighted by molar-refractivity contribution is -0.150. The Hall–Kier alpha value is -6.30. The molecular weight excluding hydrogens is 927 g/mol. The van der Waals surface area contributed by atoms with Gasteiger partial charge in [0.1, 0.15) is 17.8 Å². The van der Waals surface area contributed by atoms with Crippen molar-refractivity contribution in [2.24, 2.45) is 16.7 Å². The number of H-pyrrole nitrogens is 1. The summed E-state index contributed by atoms with van der Waals surface area (Å²) in [7, 11) is 0. The predicted octanol–water partition coefficient (Wildman–Crippen LogP) is 7.22. The molecule has 0 unspecified atom stereocenters. The van der Waals surface area contributed by atoms with Gasteiger partial charge in [0.25, 0.3) is 0 Å². The summed E-state index contributed by atoms with van der Waals surface area (Å²) >= 11 is 1.59. The Morgan fingerprint density at radius 2 is 1.65 bits per heavy atom. The fraction of sp³-hybridized carbons (Fsp3) is 0.491. The molecule has 4 atom stereocenters. The molecule has 0 radical (unpaired) electrons. The molecule has 3 amide bonds. The number of aromatic hydroxyl groups is 1. The number of benzene rings is 2. The number of amides is 3. The summed E-state index contributed by atoms with van der Waals surface area (Å²) < 4.78 is 0. The molecule has 2 saturated heterocycles. The third-order valence-corrected chi connectivity index (χ3v) is 17.5. The van der Waals surface area contributed by atoms with Crippen LogP contribution in [0.4, 0.5) is 5.95 Å². The number of fused-ring (bicyclic) bond motifs is 3. The lowest BCUT2D eigenvalue weighted by Crippen LogP contribution is -2.62. The highest BCUT2D eigenvalue weighted by atomic mass is 32.1. The monoisotopic (exact) mass is 991 g/mol. The number of nitrogens with one attached hydrogen (secondary N) is 3. The Morgan fingerprint density at radius 3 is 2.35 bits per heavy atom. The summed E-state index contributed by atoms with van der Waals surface area (Å²) in [5.74, 6) is 0.415. The second-order valence-electron chi connectivity index (χ2n) is 22.4. The summed E-state index contributed by atoms with van der Waals surface area (Å²) in [6.45, 7) is 13.2. The van der Waals surface area contributed by atoms with E-state index in [1.807, 2.05) is 95.0 Å². The summed E-state index contributed by atoms with van der Waals surface area (Å²) in [5, 5.41) is 37.3. The first-order valence-corrected chi connectivity index (χ1v) is 26.5. The minimum Gasteiger partial charge on any atom is -0.507 e. The number of phenolic OH excluding ortho intramolecular Hbond substituents is 1. The van der Waals surface area contributed by atoms with Crippen molar-refractivity contribution in [1.82, 2.24) is 50.6 Å². The number of anilines is 1. The standard InChI is InChI=1S/C55H65N11O5S/c1-31(33-10-12-35(13-11-33)47-32(2)58-30-72-47)59-51(70)45-20-39(67)28-66(45)52(71)48(54(3,4)5)61-50(69)36-22-55(23-36)24-38(25-55)64-17-14-34(15-18-64)37-26-56-53(57-27-37)65-19-16-40-42-21-43(41-8-6-7-9-46(41)68)62-63-49(42)60-44(40)29-65/h6-13,21,26-27,30-31,34,36,38-39,45,48,67-68H,14-20,22-25,28-29H2,1-5H3,(H,59,70)(H,60,63)(H,61,69)/t31-,36-,38-,39+,45-,48+,55?/m0/s1. The van der Waals surface area contributed by atoms with Gasteiger partial charge >= 0.3 is 0 Å². The van der Waals surface area contributed by atoms with Crippen molar-refractivity contribution in [1.29, 1.82) is 0 Å². The van der Waals surface area contributed by atoms with E-state index >= 15 is 0 Å². The van der Waals surface area contributed by atoms with Crippen molar-refractivity contribution < 1.29 is 24.6 Å². The highest BCUT2D eigenvalue weighted by Crippen LogP contribution is 2.60. The zero-order valence-electron chi connectivity index (χ0n) is 41.8. The smallest absolute Gasteiger partial charge is 0.246 e. The molecule has 2 aromatic carbocycles.